The van der Waals surface area contributed by atoms with Gasteiger partial charge in [0, 0.05) is 30.3 Å². The van der Waals surface area contributed by atoms with Crippen LogP contribution in [0.15, 0.2) is 36.5 Å². The summed E-state index contributed by atoms with van der Waals surface area (Å²) >= 11 is 0. The van der Waals surface area contributed by atoms with Crippen LogP contribution in [0.1, 0.15) is 18.4 Å². The van der Waals surface area contributed by atoms with Crippen molar-refractivity contribution >= 4 is 10.9 Å². The summed E-state index contributed by atoms with van der Waals surface area (Å²) in [5.74, 6) is 0. The Kier molecular flexibility index (Phi) is 3.96. The number of benzene rings is 1. The second-order valence-corrected chi connectivity index (χ2v) is 5.32. The van der Waals surface area contributed by atoms with E-state index >= 15 is 0 Å². The lowest BCUT2D eigenvalue weighted by molar-refractivity contribution is -0.129. The molecule has 20 heavy (non-hydrogen) atoms. The van der Waals surface area contributed by atoms with E-state index in [-0.39, 0.29) is 5.60 Å². The molecule has 0 aliphatic carbocycles. The molecule has 2 heterocycles. The molecule has 0 saturated carbocycles. The third kappa shape index (κ3) is 2.68. The number of hydrogen-bond acceptors (Lipinski definition) is 4. The van der Waals surface area contributed by atoms with Gasteiger partial charge in [0.25, 0.3) is 0 Å². The minimum Gasteiger partial charge on any atom is -0.378 e. The zero-order chi connectivity index (χ0) is 13.8. The Labute approximate surface area is 118 Å². The number of aromatic nitrogens is 1. The van der Waals surface area contributed by atoms with Crippen molar-refractivity contribution in [2.45, 2.75) is 25.0 Å². The molecular weight excluding hydrogens is 252 g/mol. The Morgan fingerprint density at radius 1 is 1.30 bits per heavy atom. The number of hydrogen-bond donors (Lipinski definition) is 1. The highest BCUT2D eigenvalue weighted by molar-refractivity contribution is 5.81. The Hall–Kier alpha value is -1.49. The van der Waals surface area contributed by atoms with E-state index in [2.05, 4.69) is 23.2 Å². The van der Waals surface area contributed by atoms with Crippen molar-refractivity contribution in [1.29, 1.82) is 0 Å². The van der Waals surface area contributed by atoms with E-state index in [1.54, 1.807) is 0 Å². The minimum atomic E-state index is -0.338. The fourth-order valence-electron chi connectivity index (χ4n) is 2.68. The maximum atomic E-state index is 6.12. The van der Waals surface area contributed by atoms with E-state index < -0.39 is 0 Å². The van der Waals surface area contributed by atoms with Crippen molar-refractivity contribution in [2.75, 3.05) is 19.8 Å². The lowest BCUT2D eigenvalue weighted by Gasteiger charge is -2.36. The first-order valence-electron chi connectivity index (χ1n) is 7.07. The van der Waals surface area contributed by atoms with Crippen LogP contribution in [0.25, 0.3) is 10.9 Å². The molecule has 1 aromatic carbocycles. The normalized spacial score (nSPS) is 23.1. The molecule has 106 valence electrons. The topological polar surface area (TPSA) is 57.4 Å². The largest absolute Gasteiger partial charge is 0.378 e. The van der Waals surface area contributed by atoms with Crippen LogP contribution in [0.4, 0.5) is 0 Å². The van der Waals surface area contributed by atoms with Gasteiger partial charge in [0.05, 0.1) is 18.7 Å². The van der Waals surface area contributed by atoms with Crippen molar-refractivity contribution in [2.24, 2.45) is 5.73 Å². The predicted octanol–water partition coefficient (Wildman–Crippen LogP) is 2.26. The van der Waals surface area contributed by atoms with E-state index in [1.807, 2.05) is 18.3 Å². The summed E-state index contributed by atoms with van der Waals surface area (Å²) in [6.45, 7) is 2.41. The highest BCUT2D eigenvalue weighted by Crippen LogP contribution is 2.25. The first kappa shape index (κ1) is 13.5. The second-order valence-electron chi connectivity index (χ2n) is 5.32. The number of pyridine rings is 1. The van der Waals surface area contributed by atoms with Gasteiger partial charge in [0.15, 0.2) is 0 Å². The minimum absolute atomic E-state index is 0.338. The lowest BCUT2D eigenvalue weighted by Crippen LogP contribution is -2.47. The van der Waals surface area contributed by atoms with Crippen molar-refractivity contribution < 1.29 is 9.47 Å². The molecule has 2 N–H and O–H groups in total. The van der Waals surface area contributed by atoms with Gasteiger partial charge in [0.1, 0.15) is 5.60 Å². The summed E-state index contributed by atoms with van der Waals surface area (Å²) in [4.78, 5) is 4.45. The van der Waals surface area contributed by atoms with E-state index in [0.29, 0.717) is 19.8 Å². The van der Waals surface area contributed by atoms with Gasteiger partial charge >= 0.3 is 0 Å². The van der Waals surface area contributed by atoms with Crippen molar-refractivity contribution in [3.63, 3.8) is 0 Å². The third-order valence-corrected chi connectivity index (χ3v) is 3.91. The molecule has 0 radical (unpaired) electrons. The molecule has 1 aromatic heterocycles. The molecule has 1 aliphatic rings. The van der Waals surface area contributed by atoms with Crippen LogP contribution in [0.3, 0.4) is 0 Å². The van der Waals surface area contributed by atoms with Crippen molar-refractivity contribution in [3.8, 4) is 0 Å². The molecule has 1 unspecified atom stereocenters. The van der Waals surface area contributed by atoms with Gasteiger partial charge in [-0.05, 0) is 18.9 Å². The van der Waals surface area contributed by atoms with Crippen LogP contribution in [0.5, 0.6) is 0 Å². The zero-order valence-corrected chi connectivity index (χ0v) is 11.5. The van der Waals surface area contributed by atoms with Gasteiger partial charge in [0.2, 0.25) is 0 Å². The average Bonchev–Trinajstić information content (AvgIpc) is 2.54. The number of fused-ring (bicyclic) bond motifs is 1. The Bertz CT molecular complexity index is 574. The number of nitrogens with two attached hydrogens (primary N) is 1. The van der Waals surface area contributed by atoms with Crippen LogP contribution >= 0.6 is 0 Å². The molecule has 1 aliphatic heterocycles. The van der Waals surface area contributed by atoms with Crippen LogP contribution in [0, 0.1) is 0 Å². The predicted molar refractivity (Wildman–Crippen MR) is 78.4 cm³/mol. The summed E-state index contributed by atoms with van der Waals surface area (Å²) in [5, 5.41) is 1.13. The molecule has 0 amide bonds. The highest BCUT2D eigenvalue weighted by Gasteiger charge is 2.32. The van der Waals surface area contributed by atoms with E-state index in [0.717, 1.165) is 35.9 Å². The Morgan fingerprint density at radius 2 is 2.20 bits per heavy atom. The summed E-state index contributed by atoms with van der Waals surface area (Å²) in [7, 11) is 0. The van der Waals surface area contributed by atoms with Crippen LogP contribution in [-0.4, -0.2) is 30.3 Å². The summed E-state index contributed by atoms with van der Waals surface area (Å²) in [6, 6.07) is 10.2. The third-order valence-electron chi connectivity index (χ3n) is 3.91. The zero-order valence-electron chi connectivity index (χ0n) is 11.5. The highest BCUT2D eigenvalue weighted by atomic mass is 16.5. The molecule has 1 saturated heterocycles. The molecule has 4 nitrogen and oxygen atoms in total. The summed E-state index contributed by atoms with van der Waals surface area (Å²) < 4.78 is 11.7. The first-order chi connectivity index (χ1) is 9.83. The molecular formula is C16H20N2O2. The summed E-state index contributed by atoms with van der Waals surface area (Å²) in [6.07, 6.45) is 3.78. The van der Waals surface area contributed by atoms with Gasteiger partial charge in [-0.2, -0.15) is 0 Å². The number of nitrogens with zero attached hydrogens (tertiary/aromatic N) is 1. The quantitative estimate of drug-likeness (QED) is 0.927. The van der Waals surface area contributed by atoms with Gasteiger partial charge in [-0.25, -0.2) is 0 Å². The number of rotatable bonds is 4. The Morgan fingerprint density at radius 3 is 3.00 bits per heavy atom. The second kappa shape index (κ2) is 5.87. The van der Waals surface area contributed by atoms with E-state index in [1.165, 1.54) is 0 Å². The van der Waals surface area contributed by atoms with Gasteiger partial charge in [-0.1, -0.05) is 24.3 Å². The van der Waals surface area contributed by atoms with Crippen LogP contribution in [0.2, 0.25) is 0 Å². The number of para-hydroxylation sites is 1. The molecule has 4 heteroatoms. The standard InChI is InChI=1S/C16H20N2O2/c17-11-16(7-3-9-19-12-16)20-10-14-5-1-4-13-6-2-8-18-15(13)14/h1-2,4-6,8H,3,7,9-12,17H2. The smallest absolute Gasteiger partial charge is 0.104 e. The van der Waals surface area contributed by atoms with Crippen molar-refractivity contribution in [1.82, 2.24) is 4.98 Å². The fourth-order valence-corrected chi connectivity index (χ4v) is 2.68. The summed E-state index contributed by atoms with van der Waals surface area (Å²) in [5.41, 5.74) is 7.65. The van der Waals surface area contributed by atoms with Crippen LogP contribution < -0.4 is 5.73 Å². The van der Waals surface area contributed by atoms with Crippen molar-refractivity contribution in [3.05, 3.63) is 42.1 Å². The SMILES string of the molecule is NCC1(OCc2cccc3cccnc23)CCCOC1. The lowest BCUT2D eigenvalue weighted by atomic mass is 9.96. The molecule has 3 rings (SSSR count). The molecule has 1 fully saturated rings. The average molecular weight is 272 g/mol. The van der Waals surface area contributed by atoms with Gasteiger partial charge in [-0.15, -0.1) is 0 Å². The molecule has 0 bridgehead atoms. The van der Waals surface area contributed by atoms with E-state index in [9.17, 15) is 0 Å². The van der Waals surface area contributed by atoms with E-state index in [4.69, 9.17) is 15.2 Å². The fraction of sp³-hybridized carbons (Fsp3) is 0.438. The van der Waals surface area contributed by atoms with Crippen LogP contribution in [-0.2, 0) is 16.1 Å². The Balaban J connectivity index is 1.79. The maximum Gasteiger partial charge on any atom is 0.104 e. The maximum absolute atomic E-state index is 6.12. The monoisotopic (exact) mass is 272 g/mol. The van der Waals surface area contributed by atoms with Gasteiger partial charge in [-0.3, -0.25) is 4.98 Å². The number of ether oxygens (including phenoxy) is 2. The first-order valence-corrected chi connectivity index (χ1v) is 7.07. The molecule has 1 atom stereocenters. The van der Waals surface area contributed by atoms with Gasteiger partial charge < -0.3 is 15.2 Å². The molecule has 0 spiro atoms. The molecule has 2 aromatic rings.